The van der Waals surface area contributed by atoms with Gasteiger partial charge in [-0.05, 0) is 18.1 Å². The molecule has 0 fully saturated rings. The average Bonchev–Trinajstić information content (AvgIpc) is 3.22. The summed E-state index contributed by atoms with van der Waals surface area (Å²) in [4.78, 5) is 50.5. The van der Waals surface area contributed by atoms with E-state index in [0.29, 0.717) is 23.3 Å². The van der Waals surface area contributed by atoms with E-state index in [0.717, 1.165) is 22.7 Å². The summed E-state index contributed by atoms with van der Waals surface area (Å²) in [7, 11) is 2.50. The summed E-state index contributed by atoms with van der Waals surface area (Å²) in [6.07, 6.45) is 1.19. The number of hydrogen-bond donors (Lipinski definition) is 0. The van der Waals surface area contributed by atoms with Gasteiger partial charge in [0.15, 0.2) is 5.78 Å². The molecule has 0 saturated heterocycles. The van der Waals surface area contributed by atoms with Gasteiger partial charge in [-0.3, -0.25) is 9.59 Å². The van der Waals surface area contributed by atoms with Crippen molar-refractivity contribution < 1.29 is 28.7 Å². The molecular formula is C17H14O6S2. The topological polar surface area (TPSA) is 86.7 Å². The lowest BCUT2D eigenvalue weighted by Crippen LogP contribution is -2.18. The maximum atomic E-state index is 13.0. The van der Waals surface area contributed by atoms with E-state index >= 15 is 0 Å². The van der Waals surface area contributed by atoms with E-state index < -0.39 is 11.9 Å². The van der Waals surface area contributed by atoms with Crippen LogP contribution in [0.15, 0.2) is 6.07 Å². The SMILES string of the molecule is CCCc1c(C(=O)OC)sc2c1C(=O)c1cc(C(=O)OC)sc1C2=O. The lowest BCUT2D eigenvalue weighted by atomic mass is 9.90. The van der Waals surface area contributed by atoms with Gasteiger partial charge in [0.25, 0.3) is 0 Å². The Morgan fingerprint density at radius 1 is 1.00 bits per heavy atom. The molecule has 0 bridgehead atoms. The number of esters is 2. The van der Waals surface area contributed by atoms with Crippen molar-refractivity contribution in [3.8, 4) is 0 Å². The van der Waals surface area contributed by atoms with Gasteiger partial charge in [-0.1, -0.05) is 13.3 Å². The molecular weight excluding hydrogens is 364 g/mol. The normalized spacial score (nSPS) is 12.6. The third kappa shape index (κ3) is 2.61. The van der Waals surface area contributed by atoms with Crippen LogP contribution in [0.2, 0.25) is 0 Å². The first-order chi connectivity index (χ1) is 11.9. The Labute approximate surface area is 151 Å². The van der Waals surface area contributed by atoms with Crippen molar-refractivity contribution >= 4 is 46.2 Å². The molecule has 0 aromatic carbocycles. The molecule has 25 heavy (non-hydrogen) atoms. The van der Waals surface area contributed by atoms with Gasteiger partial charge in [0.05, 0.1) is 24.0 Å². The monoisotopic (exact) mass is 378 g/mol. The smallest absolute Gasteiger partial charge is 0.348 e. The van der Waals surface area contributed by atoms with Crippen molar-refractivity contribution in [3.05, 3.63) is 42.3 Å². The number of carbonyl (C=O) groups excluding carboxylic acids is 4. The minimum atomic E-state index is -0.590. The van der Waals surface area contributed by atoms with Gasteiger partial charge in [0.1, 0.15) is 9.75 Å². The van der Waals surface area contributed by atoms with Gasteiger partial charge in [-0.15, -0.1) is 22.7 Å². The fraction of sp³-hybridized carbons (Fsp3) is 0.294. The Bertz CT molecular complexity index is 918. The summed E-state index contributed by atoms with van der Waals surface area (Å²) < 4.78 is 9.45. The summed E-state index contributed by atoms with van der Waals surface area (Å²) in [5, 5.41) is 0. The lowest BCUT2D eigenvalue weighted by Gasteiger charge is -2.11. The maximum absolute atomic E-state index is 13.0. The van der Waals surface area contributed by atoms with E-state index in [1.54, 1.807) is 0 Å². The van der Waals surface area contributed by atoms with Crippen molar-refractivity contribution in [1.82, 2.24) is 0 Å². The second-order valence-corrected chi connectivity index (χ2v) is 7.43. The van der Waals surface area contributed by atoms with E-state index in [4.69, 9.17) is 4.74 Å². The predicted molar refractivity (Wildman–Crippen MR) is 92.2 cm³/mol. The van der Waals surface area contributed by atoms with Crippen molar-refractivity contribution in [3.63, 3.8) is 0 Å². The number of rotatable bonds is 4. The van der Waals surface area contributed by atoms with E-state index in [-0.39, 0.29) is 37.3 Å². The lowest BCUT2D eigenvalue weighted by molar-refractivity contribution is 0.0596. The molecule has 0 aliphatic heterocycles. The minimum absolute atomic E-state index is 0.189. The van der Waals surface area contributed by atoms with Crippen molar-refractivity contribution in [2.45, 2.75) is 19.8 Å². The van der Waals surface area contributed by atoms with Crippen LogP contribution in [0.1, 0.15) is 68.7 Å². The standard InChI is InChI=1S/C17H14O6S2/c1-4-5-7-10-11(18)8-6-9(16(20)22-2)24-13(8)12(19)15(10)25-14(7)17(21)23-3/h6H,4-5H2,1-3H3. The van der Waals surface area contributed by atoms with Crippen LogP contribution < -0.4 is 0 Å². The molecule has 6 nitrogen and oxygen atoms in total. The zero-order valence-corrected chi connectivity index (χ0v) is 15.4. The fourth-order valence-corrected chi connectivity index (χ4v) is 5.07. The molecule has 0 spiro atoms. The second kappa shape index (κ2) is 6.53. The summed E-state index contributed by atoms with van der Waals surface area (Å²) in [6.45, 7) is 1.92. The van der Waals surface area contributed by atoms with Gasteiger partial charge in [0, 0.05) is 11.1 Å². The van der Waals surface area contributed by atoms with E-state index in [2.05, 4.69) is 4.74 Å². The molecule has 2 heterocycles. The van der Waals surface area contributed by atoms with Crippen LogP contribution in [-0.4, -0.2) is 37.7 Å². The molecule has 0 radical (unpaired) electrons. The molecule has 1 aliphatic carbocycles. The van der Waals surface area contributed by atoms with Crippen LogP contribution in [0, 0.1) is 0 Å². The molecule has 130 valence electrons. The third-order valence-corrected chi connectivity index (χ3v) is 6.21. The van der Waals surface area contributed by atoms with E-state index in [1.807, 2.05) is 6.92 Å². The second-order valence-electron chi connectivity index (χ2n) is 5.36. The van der Waals surface area contributed by atoms with Crippen LogP contribution in [0.3, 0.4) is 0 Å². The van der Waals surface area contributed by atoms with Crippen molar-refractivity contribution in [2.75, 3.05) is 14.2 Å². The summed E-state index contributed by atoms with van der Waals surface area (Å²) in [5.41, 5.74) is 0.998. The molecule has 2 aromatic rings. The van der Waals surface area contributed by atoms with Gasteiger partial charge in [0.2, 0.25) is 5.78 Å². The highest BCUT2D eigenvalue weighted by Gasteiger charge is 2.39. The van der Waals surface area contributed by atoms with Gasteiger partial charge in [-0.25, -0.2) is 9.59 Å². The quantitative estimate of drug-likeness (QED) is 0.649. The average molecular weight is 378 g/mol. The van der Waals surface area contributed by atoms with E-state index in [9.17, 15) is 19.2 Å². The number of hydrogen-bond acceptors (Lipinski definition) is 8. The van der Waals surface area contributed by atoms with Gasteiger partial charge >= 0.3 is 11.9 Å². The first kappa shape index (κ1) is 17.5. The molecule has 0 atom stereocenters. The third-order valence-electron chi connectivity index (χ3n) is 3.88. The molecule has 8 heteroatoms. The molecule has 3 rings (SSSR count). The molecule has 0 amide bonds. The molecule has 0 unspecified atom stereocenters. The number of fused-ring (bicyclic) bond motifs is 2. The van der Waals surface area contributed by atoms with Gasteiger partial charge < -0.3 is 9.47 Å². The maximum Gasteiger partial charge on any atom is 0.348 e. The number of carbonyl (C=O) groups is 4. The summed E-state index contributed by atoms with van der Waals surface area (Å²) in [6, 6.07) is 1.39. The predicted octanol–water partition coefficient (Wildman–Crippen LogP) is 3.11. The highest BCUT2D eigenvalue weighted by molar-refractivity contribution is 7.20. The van der Waals surface area contributed by atoms with Crippen LogP contribution in [-0.2, 0) is 15.9 Å². The summed E-state index contributed by atoms with van der Waals surface area (Å²) >= 11 is 1.91. The molecule has 1 aliphatic rings. The Morgan fingerprint density at radius 3 is 2.28 bits per heavy atom. The highest BCUT2D eigenvalue weighted by atomic mass is 32.1. The summed E-state index contributed by atoms with van der Waals surface area (Å²) in [5.74, 6) is -1.83. The fourth-order valence-electron chi connectivity index (χ4n) is 2.78. The molecule has 0 N–H and O–H groups in total. The number of thiophene rings is 2. The number of ketones is 2. The first-order valence-electron chi connectivity index (χ1n) is 7.50. The Kier molecular flexibility index (Phi) is 4.57. The van der Waals surface area contributed by atoms with E-state index in [1.165, 1.54) is 20.3 Å². The Hall–Kier alpha value is -2.32. The number of ether oxygens (including phenoxy) is 2. The minimum Gasteiger partial charge on any atom is -0.465 e. The Morgan fingerprint density at radius 2 is 1.68 bits per heavy atom. The number of methoxy groups -OCH3 is 2. The van der Waals surface area contributed by atoms with Crippen molar-refractivity contribution in [2.24, 2.45) is 0 Å². The zero-order valence-electron chi connectivity index (χ0n) is 13.8. The zero-order chi connectivity index (χ0) is 18.3. The van der Waals surface area contributed by atoms with Crippen LogP contribution >= 0.6 is 22.7 Å². The molecule has 2 aromatic heterocycles. The van der Waals surface area contributed by atoms with Crippen molar-refractivity contribution in [1.29, 1.82) is 0 Å². The largest absolute Gasteiger partial charge is 0.465 e. The highest BCUT2D eigenvalue weighted by Crippen LogP contribution is 2.40. The molecule has 0 saturated carbocycles. The van der Waals surface area contributed by atoms with Crippen LogP contribution in [0.5, 0.6) is 0 Å². The Balaban J connectivity index is 2.20. The van der Waals surface area contributed by atoms with Crippen LogP contribution in [0.25, 0.3) is 0 Å². The van der Waals surface area contributed by atoms with Gasteiger partial charge in [-0.2, -0.15) is 0 Å². The first-order valence-corrected chi connectivity index (χ1v) is 9.13. The van der Waals surface area contributed by atoms with Crippen LogP contribution in [0.4, 0.5) is 0 Å².